The molecule has 7 nitrogen and oxygen atoms in total. The average Bonchev–Trinajstić information content (AvgIpc) is 3.55. The summed E-state index contributed by atoms with van der Waals surface area (Å²) in [6, 6.07) is 19.4. The monoisotopic (exact) mass is 425 g/mol. The van der Waals surface area contributed by atoms with Gasteiger partial charge in [-0.15, -0.1) is 0 Å². The smallest absolute Gasteiger partial charge is 0.170 e. The van der Waals surface area contributed by atoms with Crippen molar-refractivity contribution >= 4 is 22.7 Å². The molecule has 32 heavy (non-hydrogen) atoms. The Labute approximate surface area is 187 Å². The summed E-state index contributed by atoms with van der Waals surface area (Å²) in [4.78, 5) is 19.3. The minimum atomic E-state index is 0.488. The molecular formula is C25H27N7. The van der Waals surface area contributed by atoms with Crippen molar-refractivity contribution in [3.05, 3.63) is 60.9 Å². The summed E-state index contributed by atoms with van der Waals surface area (Å²) < 4.78 is 2.04. The van der Waals surface area contributed by atoms with E-state index in [1.165, 1.54) is 18.5 Å². The molecule has 1 saturated carbocycles. The fourth-order valence-corrected chi connectivity index (χ4v) is 4.21. The van der Waals surface area contributed by atoms with Crippen LogP contribution in [0.4, 0.5) is 11.5 Å². The van der Waals surface area contributed by atoms with E-state index in [0.29, 0.717) is 6.04 Å². The van der Waals surface area contributed by atoms with Gasteiger partial charge in [0.15, 0.2) is 22.8 Å². The Hall–Kier alpha value is -3.45. The number of fused-ring (bicyclic) bond motifs is 1. The number of piperazine rings is 1. The van der Waals surface area contributed by atoms with Crippen molar-refractivity contribution < 1.29 is 0 Å². The first-order valence-electron chi connectivity index (χ1n) is 11.4. The van der Waals surface area contributed by atoms with Gasteiger partial charge in [-0.3, -0.25) is 4.57 Å². The highest BCUT2D eigenvalue weighted by molar-refractivity contribution is 5.86. The summed E-state index contributed by atoms with van der Waals surface area (Å²) in [6.07, 6.45) is 4.20. The summed E-state index contributed by atoms with van der Waals surface area (Å²) in [7, 11) is 2.18. The number of benzene rings is 2. The second-order valence-corrected chi connectivity index (χ2v) is 8.77. The number of nitrogens with zero attached hydrogens (tertiary/aromatic N) is 6. The van der Waals surface area contributed by atoms with Gasteiger partial charge < -0.3 is 15.1 Å². The van der Waals surface area contributed by atoms with Crippen molar-refractivity contribution in [1.82, 2.24) is 24.4 Å². The Balaban J connectivity index is 1.39. The van der Waals surface area contributed by atoms with Crippen molar-refractivity contribution in [1.29, 1.82) is 0 Å². The van der Waals surface area contributed by atoms with Crippen molar-refractivity contribution in [2.75, 3.05) is 43.4 Å². The van der Waals surface area contributed by atoms with Crippen molar-refractivity contribution in [2.45, 2.75) is 18.9 Å². The molecule has 1 aliphatic carbocycles. The SMILES string of the molecule is CN1CCN(c2ccc(-c3nc(NC4CC4)c4ncn(-c5ccccc5)c4n3)cc2)CC1. The van der Waals surface area contributed by atoms with Gasteiger partial charge in [0.05, 0.1) is 0 Å². The van der Waals surface area contributed by atoms with Crippen LogP contribution in [0.3, 0.4) is 0 Å². The molecule has 2 aromatic carbocycles. The molecule has 162 valence electrons. The maximum Gasteiger partial charge on any atom is 0.170 e. The molecule has 0 unspecified atom stereocenters. The predicted molar refractivity (Wildman–Crippen MR) is 128 cm³/mol. The van der Waals surface area contributed by atoms with E-state index in [2.05, 4.69) is 63.5 Å². The highest BCUT2D eigenvalue weighted by atomic mass is 15.2. The first-order valence-corrected chi connectivity index (χ1v) is 11.4. The molecule has 2 aromatic heterocycles. The van der Waals surface area contributed by atoms with Gasteiger partial charge in [0, 0.05) is 49.2 Å². The Morgan fingerprint density at radius 3 is 2.31 bits per heavy atom. The van der Waals surface area contributed by atoms with Gasteiger partial charge in [0.25, 0.3) is 0 Å². The van der Waals surface area contributed by atoms with E-state index in [1.54, 1.807) is 0 Å². The molecule has 0 amide bonds. The number of nitrogens with one attached hydrogen (secondary N) is 1. The number of anilines is 2. The van der Waals surface area contributed by atoms with E-state index < -0.39 is 0 Å². The third kappa shape index (κ3) is 3.69. The lowest BCUT2D eigenvalue weighted by molar-refractivity contribution is 0.313. The predicted octanol–water partition coefficient (Wildman–Crippen LogP) is 3.81. The molecule has 7 heteroatoms. The zero-order valence-corrected chi connectivity index (χ0v) is 18.3. The molecule has 1 saturated heterocycles. The lowest BCUT2D eigenvalue weighted by Gasteiger charge is -2.34. The number of para-hydroxylation sites is 1. The van der Waals surface area contributed by atoms with Gasteiger partial charge in [-0.1, -0.05) is 18.2 Å². The molecule has 3 heterocycles. The topological polar surface area (TPSA) is 62.1 Å². The zero-order valence-electron chi connectivity index (χ0n) is 18.3. The maximum absolute atomic E-state index is 4.95. The minimum absolute atomic E-state index is 0.488. The van der Waals surface area contributed by atoms with Crippen molar-refractivity contribution in [3.63, 3.8) is 0 Å². The van der Waals surface area contributed by atoms with E-state index in [1.807, 2.05) is 29.1 Å². The summed E-state index contributed by atoms with van der Waals surface area (Å²) in [5.41, 5.74) is 4.96. The molecule has 0 atom stereocenters. The highest BCUT2D eigenvalue weighted by Gasteiger charge is 2.24. The van der Waals surface area contributed by atoms with Gasteiger partial charge in [-0.2, -0.15) is 0 Å². The van der Waals surface area contributed by atoms with Crippen LogP contribution < -0.4 is 10.2 Å². The number of aromatic nitrogens is 4. The van der Waals surface area contributed by atoms with Crippen LogP contribution in [-0.4, -0.2) is 63.7 Å². The lowest BCUT2D eigenvalue weighted by atomic mass is 10.1. The molecule has 4 aromatic rings. The van der Waals surface area contributed by atoms with Crippen molar-refractivity contribution in [3.8, 4) is 17.1 Å². The second kappa shape index (κ2) is 7.91. The van der Waals surface area contributed by atoms with Crippen molar-refractivity contribution in [2.24, 2.45) is 0 Å². The Bertz CT molecular complexity index is 1220. The lowest BCUT2D eigenvalue weighted by Crippen LogP contribution is -2.44. The third-order valence-corrected chi connectivity index (χ3v) is 6.34. The Morgan fingerprint density at radius 1 is 0.844 bits per heavy atom. The van der Waals surface area contributed by atoms with Crippen LogP contribution in [0.15, 0.2) is 60.9 Å². The van der Waals surface area contributed by atoms with Crippen LogP contribution in [-0.2, 0) is 0 Å². The van der Waals surface area contributed by atoms with E-state index in [9.17, 15) is 0 Å². The number of likely N-dealkylation sites (N-methyl/N-ethyl adjacent to an activating group) is 1. The van der Waals surface area contributed by atoms with Gasteiger partial charge in [0.1, 0.15) is 6.33 Å². The second-order valence-electron chi connectivity index (χ2n) is 8.77. The molecule has 6 rings (SSSR count). The first kappa shape index (κ1) is 19.3. The normalized spacial score (nSPS) is 17.1. The van der Waals surface area contributed by atoms with Crippen LogP contribution in [0, 0.1) is 0 Å². The fourth-order valence-electron chi connectivity index (χ4n) is 4.21. The molecular weight excluding hydrogens is 398 g/mol. The van der Waals surface area contributed by atoms with Gasteiger partial charge in [-0.05, 0) is 56.3 Å². The Morgan fingerprint density at radius 2 is 1.59 bits per heavy atom. The standard InChI is InChI=1S/C25H27N7/c1-30-13-15-31(16-14-30)20-11-7-18(8-12-20)23-28-24(27-19-9-10-19)22-25(29-23)32(17-26-22)21-5-3-2-4-6-21/h2-8,11-12,17,19H,9-10,13-16H2,1H3,(H,27,28,29). The number of imidazole rings is 1. The Kier molecular flexibility index (Phi) is 4.76. The fraction of sp³-hybridized carbons (Fsp3) is 0.320. The average molecular weight is 426 g/mol. The first-order chi connectivity index (χ1) is 15.7. The highest BCUT2D eigenvalue weighted by Crippen LogP contribution is 2.31. The molecule has 1 aliphatic heterocycles. The molecule has 1 N–H and O–H groups in total. The third-order valence-electron chi connectivity index (χ3n) is 6.34. The summed E-state index contributed by atoms with van der Waals surface area (Å²) in [6.45, 7) is 4.32. The largest absolute Gasteiger partial charge is 0.369 e. The van der Waals surface area contributed by atoms with E-state index >= 15 is 0 Å². The van der Waals surface area contributed by atoms with Crippen LogP contribution in [0.25, 0.3) is 28.2 Å². The molecule has 2 fully saturated rings. The van der Waals surface area contributed by atoms with Gasteiger partial charge in [-0.25, -0.2) is 15.0 Å². The summed E-state index contributed by atoms with van der Waals surface area (Å²) >= 11 is 0. The molecule has 0 radical (unpaired) electrons. The van der Waals surface area contributed by atoms with E-state index in [4.69, 9.17) is 9.97 Å². The van der Waals surface area contributed by atoms with E-state index in [0.717, 1.165) is 60.2 Å². The maximum atomic E-state index is 4.95. The van der Waals surface area contributed by atoms with Crippen LogP contribution in [0.2, 0.25) is 0 Å². The van der Waals surface area contributed by atoms with Crippen LogP contribution in [0.5, 0.6) is 0 Å². The molecule has 0 bridgehead atoms. The number of hydrogen-bond donors (Lipinski definition) is 1. The van der Waals surface area contributed by atoms with Gasteiger partial charge >= 0.3 is 0 Å². The minimum Gasteiger partial charge on any atom is -0.369 e. The van der Waals surface area contributed by atoms with Gasteiger partial charge in [0.2, 0.25) is 0 Å². The summed E-state index contributed by atoms with van der Waals surface area (Å²) in [5.74, 6) is 1.55. The number of rotatable bonds is 5. The van der Waals surface area contributed by atoms with Crippen LogP contribution in [0.1, 0.15) is 12.8 Å². The quantitative estimate of drug-likeness (QED) is 0.525. The van der Waals surface area contributed by atoms with E-state index in [-0.39, 0.29) is 0 Å². The summed E-state index contributed by atoms with van der Waals surface area (Å²) in [5, 5.41) is 3.56. The molecule has 0 spiro atoms. The zero-order chi connectivity index (χ0) is 21.5. The number of hydrogen-bond acceptors (Lipinski definition) is 6. The van der Waals surface area contributed by atoms with Crippen LogP contribution >= 0.6 is 0 Å². The molecule has 2 aliphatic rings.